The fourth-order valence-corrected chi connectivity index (χ4v) is 1.80. The molecule has 0 bridgehead atoms. The van der Waals surface area contributed by atoms with Crippen LogP contribution in [0.15, 0.2) is 0 Å². The lowest BCUT2D eigenvalue weighted by Crippen LogP contribution is -2.38. The molecule has 0 aliphatic rings. The minimum absolute atomic E-state index is 0.0438. The van der Waals surface area contributed by atoms with Crippen LogP contribution in [0.2, 0.25) is 0 Å². The summed E-state index contributed by atoms with van der Waals surface area (Å²) >= 11 is 0. The van der Waals surface area contributed by atoms with E-state index in [-0.39, 0.29) is 30.7 Å². The van der Waals surface area contributed by atoms with E-state index >= 15 is 0 Å². The Labute approximate surface area is 126 Å². The summed E-state index contributed by atoms with van der Waals surface area (Å²) in [6.45, 7) is 7.88. The third-order valence-corrected chi connectivity index (χ3v) is 2.97. The van der Waals surface area contributed by atoms with Crippen molar-refractivity contribution in [3.63, 3.8) is 0 Å². The van der Waals surface area contributed by atoms with Gasteiger partial charge in [-0.1, -0.05) is 34.1 Å². The second kappa shape index (κ2) is 9.37. The maximum atomic E-state index is 11.7. The van der Waals surface area contributed by atoms with Gasteiger partial charge < -0.3 is 15.7 Å². The molecule has 6 nitrogen and oxygen atoms in total. The Balaban J connectivity index is 3.98. The van der Waals surface area contributed by atoms with E-state index in [1.165, 1.54) is 0 Å². The van der Waals surface area contributed by atoms with E-state index in [0.717, 1.165) is 6.42 Å². The van der Waals surface area contributed by atoms with Gasteiger partial charge in [0.25, 0.3) is 0 Å². The molecule has 0 aromatic heterocycles. The van der Waals surface area contributed by atoms with Crippen molar-refractivity contribution in [2.75, 3.05) is 6.54 Å². The van der Waals surface area contributed by atoms with Crippen molar-refractivity contribution in [3.05, 3.63) is 0 Å². The summed E-state index contributed by atoms with van der Waals surface area (Å²) in [6, 6.07) is -0.316. The summed E-state index contributed by atoms with van der Waals surface area (Å²) in [5.41, 5.74) is -0.435. The van der Waals surface area contributed by atoms with Crippen LogP contribution < -0.4 is 10.6 Å². The number of carboxylic acid groups (broad SMARTS) is 1. The van der Waals surface area contributed by atoms with E-state index < -0.39 is 11.4 Å². The molecule has 0 heterocycles. The van der Waals surface area contributed by atoms with Gasteiger partial charge in [-0.3, -0.25) is 14.4 Å². The number of carbonyl (C=O) groups excluding carboxylic acids is 2. The summed E-state index contributed by atoms with van der Waals surface area (Å²) in [5, 5.41) is 14.3. The minimum Gasteiger partial charge on any atom is -0.481 e. The largest absolute Gasteiger partial charge is 0.481 e. The van der Waals surface area contributed by atoms with Gasteiger partial charge in [-0.2, -0.15) is 0 Å². The van der Waals surface area contributed by atoms with Crippen LogP contribution in [-0.4, -0.2) is 35.5 Å². The molecular weight excluding hydrogens is 272 g/mol. The van der Waals surface area contributed by atoms with E-state index in [1.807, 2.05) is 27.7 Å². The zero-order valence-electron chi connectivity index (χ0n) is 13.5. The molecule has 21 heavy (non-hydrogen) atoms. The lowest BCUT2D eigenvalue weighted by molar-refractivity contribution is -0.137. The maximum absolute atomic E-state index is 11.7. The monoisotopic (exact) mass is 300 g/mol. The van der Waals surface area contributed by atoms with Crippen molar-refractivity contribution in [2.45, 2.75) is 65.8 Å². The Bertz CT molecular complexity index is 361. The topological polar surface area (TPSA) is 95.5 Å². The number of carboxylic acids is 1. The molecule has 0 aliphatic carbocycles. The lowest BCUT2D eigenvalue weighted by Gasteiger charge is -2.18. The Kier molecular flexibility index (Phi) is 8.66. The van der Waals surface area contributed by atoms with E-state index in [0.29, 0.717) is 19.4 Å². The molecular formula is C15H28N2O4. The average Bonchev–Trinajstić information content (AvgIpc) is 2.32. The zero-order valence-corrected chi connectivity index (χ0v) is 13.5. The van der Waals surface area contributed by atoms with Gasteiger partial charge in [0.15, 0.2) is 0 Å². The Morgan fingerprint density at radius 1 is 1.19 bits per heavy atom. The lowest BCUT2D eigenvalue weighted by atomic mass is 9.96. The molecule has 0 saturated heterocycles. The molecule has 122 valence electrons. The highest BCUT2D eigenvalue weighted by atomic mass is 16.4. The summed E-state index contributed by atoms with van der Waals surface area (Å²) in [6.07, 6.45) is 2.24. The molecule has 6 heteroatoms. The standard InChI is InChI=1S/C15H28N2O4/c1-5-7-11(10-13(19)20)17-12(18)8-6-9-16-14(21)15(2,3)4/h11H,5-10H2,1-4H3,(H,16,21)(H,17,18)(H,19,20). The number of carbonyl (C=O) groups is 3. The van der Waals surface area contributed by atoms with Crippen LogP contribution in [0, 0.1) is 5.41 Å². The predicted molar refractivity (Wildman–Crippen MR) is 80.8 cm³/mol. The third kappa shape index (κ3) is 9.87. The molecule has 1 unspecified atom stereocenters. The first-order chi connectivity index (χ1) is 9.66. The molecule has 1 atom stereocenters. The molecule has 3 N–H and O–H groups in total. The van der Waals surface area contributed by atoms with Gasteiger partial charge in [0.05, 0.1) is 6.42 Å². The zero-order chi connectivity index (χ0) is 16.5. The van der Waals surface area contributed by atoms with Crippen molar-refractivity contribution in [1.29, 1.82) is 0 Å². The highest BCUT2D eigenvalue weighted by Crippen LogP contribution is 2.12. The van der Waals surface area contributed by atoms with Crippen molar-refractivity contribution in [2.24, 2.45) is 5.41 Å². The van der Waals surface area contributed by atoms with Crippen molar-refractivity contribution in [1.82, 2.24) is 10.6 Å². The van der Waals surface area contributed by atoms with Gasteiger partial charge in [0, 0.05) is 24.4 Å². The number of nitrogens with one attached hydrogen (secondary N) is 2. The highest BCUT2D eigenvalue weighted by Gasteiger charge is 2.20. The molecule has 0 radical (unpaired) electrons. The number of rotatable bonds is 9. The van der Waals surface area contributed by atoms with Crippen molar-refractivity contribution in [3.8, 4) is 0 Å². The first-order valence-electron chi connectivity index (χ1n) is 7.46. The van der Waals surface area contributed by atoms with Crippen LogP contribution in [0.3, 0.4) is 0 Å². The van der Waals surface area contributed by atoms with Crippen molar-refractivity contribution >= 4 is 17.8 Å². The Morgan fingerprint density at radius 3 is 2.29 bits per heavy atom. The first kappa shape index (κ1) is 19.4. The SMILES string of the molecule is CCCC(CC(=O)O)NC(=O)CCCNC(=O)C(C)(C)C. The Hall–Kier alpha value is -1.59. The molecule has 0 fully saturated rings. The second-order valence-electron chi connectivity index (χ2n) is 6.26. The van der Waals surface area contributed by atoms with Gasteiger partial charge in [0.2, 0.25) is 11.8 Å². The number of hydrogen-bond acceptors (Lipinski definition) is 3. The van der Waals surface area contributed by atoms with Crippen LogP contribution in [0.1, 0.15) is 59.8 Å². The Morgan fingerprint density at radius 2 is 1.81 bits per heavy atom. The molecule has 0 rings (SSSR count). The molecule has 0 aromatic carbocycles. The molecule has 2 amide bonds. The van der Waals surface area contributed by atoms with Crippen molar-refractivity contribution < 1.29 is 19.5 Å². The molecule has 0 spiro atoms. The normalized spacial score (nSPS) is 12.6. The van der Waals surface area contributed by atoms with Gasteiger partial charge in [0.1, 0.15) is 0 Å². The van der Waals surface area contributed by atoms with Gasteiger partial charge >= 0.3 is 5.97 Å². The molecule has 0 aliphatic heterocycles. The smallest absolute Gasteiger partial charge is 0.305 e. The van der Waals surface area contributed by atoms with Crippen LogP contribution in [-0.2, 0) is 14.4 Å². The van der Waals surface area contributed by atoms with Crippen LogP contribution in [0.4, 0.5) is 0 Å². The van der Waals surface area contributed by atoms with Gasteiger partial charge in [-0.05, 0) is 12.8 Å². The van der Waals surface area contributed by atoms with Gasteiger partial charge in [-0.15, -0.1) is 0 Å². The third-order valence-electron chi connectivity index (χ3n) is 2.97. The fraction of sp³-hybridized carbons (Fsp3) is 0.800. The second-order valence-corrected chi connectivity index (χ2v) is 6.26. The number of hydrogen-bond donors (Lipinski definition) is 3. The van der Waals surface area contributed by atoms with Crippen LogP contribution in [0.25, 0.3) is 0 Å². The van der Waals surface area contributed by atoms with E-state index in [9.17, 15) is 14.4 Å². The molecule has 0 saturated carbocycles. The summed E-state index contributed by atoms with van der Waals surface area (Å²) < 4.78 is 0. The minimum atomic E-state index is -0.911. The number of aliphatic carboxylic acids is 1. The predicted octanol–water partition coefficient (Wildman–Crippen LogP) is 1.69. The summed E-state index contributed by atoms with van der Waals surface area (Å²) in [4.78, 5) is 34.0. The fourth-order valence-electron chi connectivity index (χ4n) is 1.80. The van der Waals surface area contributed by atoms with Crippen LogP contribution in [0.5, 0.6) is 0 Å². The van der Waals surface area contributed by atoms with Gasteiger partial charge in [-0.25, -0.2) is 0 Å². The summed E-state index contributed by atoms with van der Waals surface area (Å²) in [7, 11) is 0. The average molecular weight is 300 g/mol. The molecule has 0 aromatic rings. The maximum Gasteiger partial charge on any atom is 0.305 e. The highest BCUT2D eigenvalue weighted by molar-refractivity contribution is 5.81. The first-order valence-corrected chi connectivity index (χ1v) is 7.46. The summed E-state index contributed by atoms with van der Waals surface area (Å²) in [5.74, 6) is -1.12. The quantitative estimate of drug-likeness (QED) is 0.565. The van der Waals surface area contributed by atoms with E-state index in [4.69, 9.17) is 5.11 Å². The van der Waals surface area contributed by atoms with Crippen LogP contribution >= 0.6 is 0 Å². The number of amides is 2. The van der Waals surface area contributed by atoms with E-state index in [1.54, 1.807) is 0 Å². The van der Waals surface area contributed by atoms with E-state index in [2.05, 4.69) is 10.6 Å².